The van der Waals surface area contributed by atoms with Crippen LogP contribution in [0.2, 0.25) is 0 Å². The van der Waals surface area contributed by atoms with Crippen molar-refractivity contribution in [2.45, 2.75) is 13.1 Å². The van der Waals surface area contributed by atoms with Crippen LogP contribution in [0, 0.1) is 6.92 Å². The number of aryl methyl sites for hydroxylation is 1. The van der Waals surface area contributed by atoms with Crippen LogP contribution in [0.1, 0.15) is 26.4 Å². The topological polar surface area (TPSA) is 130 Å². The molecule has 204 valence electrons. The summed E-state index contributed by atoms with van der Waals surface area (Å²) < 4.78 is 40.8. The maximum absolute atomic E-state index is 13.6. The highest BCUT2D eigenvalue weighted by Crippen LogP contribution is 2.34. The minimum Gasteiger partial charge on any atom is -0.396 e. The van der Waals surface area contributed by atoms with Gasteiger partial charge in [0.25, 0.3) is 5.91 Å². The van der Waals surface area contributed by atoms with E-state index in [9.17, 15) is 18.0 Å². The summed E-state index contributed by atoms with van der Waals surface area (Å²) in [5.74, 6) is 5.61. The standard InChI is InChI=1S/C25H31F3N8OS/c1-15-5-6-16(9-21(15)36(31)14-20(29)22-13-32-24(30)38-22)23(37)33-18-10-17(25(26,27)28)11-19(12-18)35(4)8-7-34(2)3/h5-6,9-14H,7-8,29,31H2,1-4H3,(H2,30,32)(H,33,37)/b20-14-. The monoisotopic (exact) mass is 548 g/mol. The third-order valence-corrected chi connectivity index (χ3v) is 6.54. The third kappa shape index (κ3) is 7.37. The Morgan fingerprint density at radius 2 is 1.84 bits per heavy atom. The molecule has 0 aliphatic heterocycles. The highest BCUT2D eigenvalue weighted by molar-refractivity contribution is 7.16. The van der Waals surface area contributed by atoms with Gasteiger partial charge in [-0.25, -0.2) is 10.8 Å². The molecule has 0 saturated carbocycles. The van der Waals surface area contributed by atoms with Crippen LogP contribution in [-0.4, -0.2) is 50.0 Å². The number of aromatic nitrogens is 1. The quantitative estimate of drug-likeness (QED) is 0.234. The average molecular weight is 549 g/mol. The minimum absolute atomic E-state index is 0.0233. The molecule has 0 fully saturated rings. The van der Waals surface area contributed by atoms with Crippen LogP contribution in [0.25, 0.3) is 5.70 Å². The number of hydrogen-bond donors (Lipinski definition) is 4. The van der Waals surface area contributed by atoms with Gasteiger partial charge >= 0.3 is 6.18 Å². The summed E-state index contributed by atoms with van der Waals surface area (Å²) in [4.78, 5) is 21.3. The smallest absolute Gasteiger partial charge is 0.396 e. The van der Waals surface area contributed by atoms with Gasteiger partial charge in [0.1, 0.15) is 0 Å². The van der Waals surface area contributed by atoms with Gasteiger partial charge in [-0.1, -0.05) is 17.4 Å². The highest BCUT2D eigenvalue weighted by atomic mass is 32.1. The molecule has 3 rings (SSSR count). The highest BCUT2D eigenvalue weighted by Gasteiger charge is 2.32. The molecule has 0 bridgehead atoms. The maximum atomic E-state index is 13.6. The van der Waals surface area contributed by atoms with E-state index in [0.29, 0.717) is 40.2 Å². The Labute approximate surface area is 223 Å². The Morgan fingerprint density at radius 3 is 2.45 bits per heavy atom. The van der Waals surface area contributed by atoms with Crippen molar-refractivity contribution in [1.29, 1.82) is 0 Å². The lowest BCUT2D eigenvalue weighted by Gasteiger charge is -2.23. The number of carbonyl (C=O) groups excluding carboxylic acids is 1. The second kappa shape index (κ2) is 11.7. The normalized spacial score (nSPS) is 12.1. The van der Waals surface area contributed by atoms with E-state index in [2.05, 4.69) is 10.3 Å². The van der Waals surface area contributed by atoms with Crippen molar-refractivity contribution in [1.82, 2.24) is 9.88 Å². The summed E-state index contributed by atoms with van der Waals surface area (Å²) in [6.07, 6.45) is -1.58. The second-order valence-corrected chi connectivity index (χ2v) is 10.1. The Morgan fingerprint density at radius 1 is 1.13 bits per heavy atom. The molecular formula is C25H31F3N8OS. The van der Waals surface area contributed by atoms with Gasteiger partial charge in [-0.05, 0) is 56.9 Å². The van der Waals surface area contributed by atoms with Crippen molar-refractivity contribution in [2.24, 2.45) is 11.6 Å². The van der Waals surface area contributed by atoms with Gasteiger partial charge in [-0.3, -0.25) is 9.80 Å². The lowest BCUT2D eigenvalue weighted by molar-refractivity contribution is -0.137. The minimum atomic E-state index is -4.58. The molecule has 9 nitrogen and oxygen atoms in total. The molecule has 38 heavy (non-hydrogen) atoms. The number of nitrogens with zero attached hydrogens (tertiary/aromatic N) is 4. The van der Waals surface area contributed by atoms with Crippen LogP contribution in [0.4, 0.5) is 35.4 Å². The first kappa shape index (κ1) is 28.8. The number of amides is 1. The Bertz CT molecular complexity index is 1320. The van der Waals surface area contributed by atoms with Crippen molar-refractivity contribution < 1.29 is 18.0 Å². The summed E-state index contributed by atoms with van der Waals surface area (Å²) >= 11 is 1.20. The molecule has 1 aromatic heterocycles. The summed E-state index contributed by atoms with van der Waals surface area (Å²) in [6, 6.07) is 8.28. The van der Waals surface area contributed by atoms with Crippen LogP contribution in [0.3, 0.4) is 0 Å². The SMILES string of the molecule is Cc1ccc(C(=O)Nc2cc(N(C)CCN(C)C)cc(C(F)(F)F)c2)cc1N(N)/C=C(\N)c1cnc(N)s1. The Kier molecular flexibility index (Phi) is 8.86. The number of rotatable bonds is 9. The molecular weight excluding hydrogens is 517 g/mol. The van der Waals surface area contributed by atoms with Gasteiger partial charge < -0.3 is 26.6 Å². The molecule has 7 N–H and O–H groups in total. The van der Waals surface area contributed by atoms with E-state index in [1.807, 2.05) is 19.0 Å². The first-order valence-corrected chi connectivity index (χ1v) is 12.3. The molecule has 1 heterocycles. The average Bonchev–Trinajstić information content (AvgIpc) is 3.28. The first-order valence-electron chi connectivity index (χ1n) is 11.5. The van der Waals surface area contributed by atoms with Gasteiger partial charge in [0.05, 0.1) is 21.8 Å². The number of hydrogen-bond acceptors (Lipinski definition) is 9. The van der Waals surface area contributed by atoms with Crippen LogP contribution in [0.15, 0.2) is 48.8 Å². The number of hydrazine groups is 1. The van der Waals surface area contributed by atoms with Gasteiger partial charge in [0.15, 0.2) is 5.13 Å². The van der Waals surface area contributed by atoms with E-state index in [4.69, 9.17) is 17.3 Å². The van der Waals surface area contributed by atoms with Crippen LogP contribution in [-0.2, 0) is 6.18 Å². The van der Waals surface area contributed by atoms with Crippen molar-refractivity contribution in [3.8, 4) is 0 Å². The van der Waals surface area contributed by atoms with Gasteiger partial charge in [0.2, 0.25) is 0 Å². The Balaban J connectivity index is 1.87. The zero-order chi connectivity index (χ0) is 28.2. The second-order valence-electron chi connectivity index (χ2n) is 9.00. The van der Waals surface area contributed by atoms with E-state index in [1.165, 1.54) is 40.9 Å². The molecule has 13 heteroatoms. The van der Waals surface area contributed by atoms with E-state index in [1.54, 1.807) is 31.0 Å². The fourth-order valence-corrected chi connectivity index (χ4v) is 4.09. The molecule has 0 spiro atoms. The van der Waals surface area contributed by atoms with E-state index in [-0.39, 0.29) is 11.3 Å². The molecule has 0 unspecified atom stereocenters. The summed E-state index contributed by atoms with van der Waals surface area (Å²) in [6.45, 7) is 2.94. The number of carbonyl (C=O) groups is 1. The molecule has 0 atom stereocenters. The predicted octanol–water partition coefficient (Wildman–Crippen LogP) is 3.94. The molecule has 1 amide bonds. The van der Waals surface area contributed by atoms with Crippen molar-refractivity contribution in [2.75, 3.05) is 55.2 Å². The van der Waals surface area contributed by atoms with Gasteiger partial charge in [-0.15, -0.1) is 0 Å². The lowest BCUT2D eigenvalue weighted by atomic mass is 10.1. The predicted molar refractivity (Wildman–Crippen MR) is 148 cm³/mol. The molecule has 0 radical (unpaired) electrons. The molecule has 2 aromatic carbocycles. The number of nitrogens with two attached hydrogens (primary N) is 3. The van der Waals surface area contributed by atoms with Crippen molar-refractivity contribution in [3.05, 3.63) is 70.4 Å². The van der Waals surface area contributed by atoms with Crippen molar-refractivity contribution in [3.63, 3.8) is 0 Å². The summed E-state index contributed by atoms with van der Waals surface area (Å²) in [5, 5.41) is 4.21. The number of thiazole rings is 1. The number of alkyl halides is 3. The van der Waals surface area contributed by atoms with Crippen LogP contribution < -0.4 is 32.5 Å². The van der Waals surface area contributed by atoms with E-state index < -0.39 is 17.6 Å². The molecule has 3 aromatic rings. The first-order chi connectivity index (χ1) is 17.7. The number of nitrogen functional groups attached to an aromatic ring is 1. The zero-order valence-corrected chi connectivity index (χ0v) is 22.3. The van der Waals surface area contributed by atoms with Crippen LogP contribution >= 0.6 is 11.3 Å². The van der Waals surface area contributed by atoms with E-state index >= 15 is 0 Å². The summed E-state index contributed by atoms with van der Waals surface area (Å²) in [5.41, 5.74) is 13.0. The molecule has 0 aliphatic rings. The number of halogens is 3. The van der Waals surface area contributed by atoms with Gasteiger partial charge in [-0.2, -0.15) is 13.2 Å². The zero-order valence-electron chi connectivity index (χ0n) is 21.5. The summed E-state index contributed by atoms with van der Waals surface area (Å²) in [7, 11) is 5.46. The molecule has 0 saturated heterocycles. The van der Waals surface area contributed by atoms with Crippen molar-refractivity contribution >= 4 is 45.1 Å². The lowest BCUT2D eigenvalue weighted by Crippen LogP contribution is -2.28. The molecule has 0 aliphatic carbocycles. The Hall–Kier alpha value is -3.81. The fourth-order valence-electron chi connectivity index (χ4n) is 3.48. The third-order valence-electron chi connectivity index (χ3n) is 5.66. The number of anilines is 4. The largest absolute Gasteiger partial charge is 0.416 e. The van der Waals surface area contributed by atoms with Crippen LogP contribution in [0.5, 0.6) is 0 Å². The number of likely N-dealkylation sites (N-methyl/N-ethyl adjacent to an activating group) is 2. The van der Waals surface area contributed by atoms with E-state index in [0.717, 1.165) is 17.7 Å². The maximum Gasteiger partial charge on any atom is 0.416 e. The van der Waals surface area contributed by atoms with Gasteiger partial charge in [0, 0.05) is 49.5 Å². The number of benzene rings is 2. The fraction of sp³-hybridized carbons (Fsp3) is 0.280. The number of nitrogens with one attached hydrogen (secondary N) is 1.